The number of hydrogen-bond acceptors (Lipinski definition) is 3. The molecule has 0 spiro atoms. The monoisotopic (exact) mass is 397 g/mol. The molecule has 0 aliphatic heterocycles. The van der Waals surface area contributed by atoms with Crippen molar-refractivity contribution in [1.29, 1.82) is 0 Å². The van der Waals surface area contributed by atoms with Gasteiger partial charge in [-0.25, -0.2) is 17.5 Å². The van der Waals surface area contributed by atoms with Crippen LogP contribution >= 0.6 is 38.9 Å². The highest BCUT2D eigenvalue weighted by Gasteiger charge is 2.18. The Morgan fingerprint density at radius 3 is 2.50 bits per heavy atom. The second-order valence-corrected chi connectivity index (χ2v) is 8.73. The highest BCUT2D eigenvalue weighted by Crippen LogP contribution is 2.34. The van der Waals surface area contributed by atoms with Crippen LogP contribution in [-0.2, 0) is 16.4 Å². The Morgan fingerprint density at radius 2 is 1.95 bits per heavy atom. The molecular formula is C12H10BrClFNO2S2. The Labute approximate surface area is 134 Å². The molecule has 1 heterocycles. The SMILES string of the molecule is O=S(=O)(NCCc1ccc(F)cc1)c1cc(Cl)c(Br)s1. The van der Waals surface area contributed by atoms with Crippen LogP contribution in [-0.4, -0.2) is 15.0 Å². The van der Waals surface area contributed by atoms with Gasteiger partial charge in [-0.2, -0.15) is 0 Å². The lowest BCUT2D eigenvalue weighted by Crippen LogP contribution is -2.25. The molecule has 0 saturated carbocycles. The van der Waals surface area contributed by atoms with Gasteiger partial charge in [0.25, 0.3) is 0 Å². The van der Waals surface area contributed by atoms with Gasteiger partial charge in [-0.05, 0) is 46.1 Å². The molecule has 0 amide bonds. The minimum atomic E-state index is -3.56. The third-order valence-corrected chi connectivity index (χ3v) is 6.92. The minimum absolute atomic E-state index is 0.161. The summed E-state index contributed by atoms with van der Waals surface area (Å²) in [5, 5.41) is 0.369. The molecular weight excluding hydrogens is 389 g/mol. The molecule has 0 bridgehead atoms. The summed E-state index contributed by atoms with van der Waals surface area (Å²) in [4.78, 5) is 0. The summed E-state index contributed by atoms with van der Waals surface area (Å²) >= 11 is 10.0. The van der Waals surface area contributed by atoms with E-state index in [1.807, 2.05) is 0 Å². The molecule has 2 aromatic rings. The Kier molecular flexibility index (Phi) is 5.19. The van der Waals surface area contributed by atoms with Gasteiger partial charge < -0.3 is 0 Å². The predicted octanol–water partition coefficient (Wildman–Crippen LogP) is 3.82. The maximum absolute atomic E-state index is 12.7. The van der Waals surface area contributed by atoms with Gasteiger partial charge in [-0.15, -0.1) is 11.3 Å². The molecule has 0 radical (unpaired) electrons. The Hall–Kier alpha value is -0.470. The summed E-state index contributed by atoms with van der Waals surface area (Å²) in [6, 6.07) is 7.35. The highest BCUT2D eigenvalue weighted by atomic mass is 79.9. The number of halogens is 3. The van der Waals surface area contributed by atoms with Crippen LogP contribution in [0.5, 0.6) is 0 Å². The van der Waals surface area contributed by atoms with E-state index in [9.17, 15) is 12.8 Å². The van der Waals surface area contributed by atoms with E-state index in [0.717, 1.165) is 16.9 Å². The minimum Gasteiger partial charge on any atom is -0.210 e. The predicted molar refractivity (Wildman–Crippen MR) is 82.3 cm³/mol. The molecule has 0 aliphatic rings. The third kappa shape index (κ3) is 4.02. The van der Waals surface area contributed by atoms with Gasteiger partial charge in [0.05, 0.1) is 8.81 Å². The van der Waals surface area contributed by atoms with Gasteiger partial charge >= 0.3 is 0 Å². The molecule has 0 saturated heterocycles. The van der Waals surface area contributed by atoms with Crippen molar-refractivity contribution in [2.24, 2.45) is 0 Å². The fourth-order valence-electron chi connectivity index (χ4n) is 1.51. The maximum Gasteiger partial charge on any atom is 0.250 e. The van der Waals surface area contributed by atoms with Crippen LogP contribution in [0.3, 0.4) is 0 Å². The van der Waals surface area contributed by atoms with Crippen molar-refractivity contribution in [1.82, 2.24) is 4.72 Å². The van der Waals surface area contributed by atoms with E-state index >= 15 is 0 Å². The second kappa shape index (κ2) is 6.53. The molecule has 0 unspecified atom stereocenters. The number of benzene rings is 1. The van der Waals surface area contributed by atoms with Crippen LogP contribution in [0, 0.1) is 5.82 Å². The Bertz CT molecular complexity index is 681. The van der Waals surface area contributed by atoms with E-state index in [1.165, 1.54) is 18.2 Å². The average Bonchev–Trinajstić information content (AvgIpc) is 2.73. The normalized spacial score (nSPS) is 11.8. The molecule has 1 aromatic heterocycles. The highest BCUT2D eigenvalue weighted by molar-refractivity contribution is 9.11. The maximum atomic E-state index is 12.7. The van der Waals surface area contributed by atoms with Gasteiger partial charge in [-0.3, -0.25) is 0 Å². The molecule has 20 heavy (non-hydrogen) atoms. The zero-order valence-corrected chi connectivity index (χ0v) is 14.0. The van der Waals surface area contributed by atoms with Gasteiger partial charge in [0, 0.05) is 6.54 Å². The zero-order valence-electron chi connectivity index (χ0n) is 10.1. The Morgan fingerprint density at radius 1 is 1.30 bits per heavy atom. The van der Waals surface area contributed by atoms with Crippen molar-refractivity contribution in [3.8, 4) is 0 Å². The van der Waals surface area contributed by atoms with Gasteiger partial charge in [-0.1, -0.05) is 23.7 Å². The van der Waals surface area contributed by atoms with Crippen LogP contribution in [0.1, 0.15) is 5.56 Å². The molecule has 2 rings (SSSR count). The van der Waals surface area contributed by atoms with Gasteiger partial charge in [0.2, 0.25) is 10.0 Å². The lowest BCUT2D eigenvalue weighted by atomic mass is 10.1. The largest absolute Gasteiger partial charge is 0.250 e. The molecule has 0 aliphatic carbocycles. The first-order chi connectivity index (χ1) is 9.38. The van der Waals surface area contributed by atoms with Crippen LogP contribution in [0.25, 0.3) is 0 Å². The molecule has 3 nitrogen and oxygen atoms in total. The van der Waals surface area contributed by atoms with E-state index in [0.29, 0.717) is 15.2 Å². The molecule has 0 atom stereocenters. The number of rotatable bonds is 5. The van der Waals surface area contributed by atoms with E-state index in [2.05, 4.69) is 20.7 Å². The van der Waals surface area contributed by atoms with E-state index < -0.39 is 10.0 Å². The zero-order chi connectivity index (χ0) is 14.8. The van der Waals surface area contributed by atoms with Crippen molar-refractivity contribution >= 4 is 48.9 Å². The summed E-state index contributed by atoms with van der Waals surface area (Å²) < 4.78 is 40.0. The van der Waals surface area contributed by atoms with Crippen molar-refractivity contribution in [3.63, 3.8) is 0 Å². The first kappa shape index (κ1) is 15.9. The smallest absolute Gasteiger partial charge is 0.210 e. The standard InChI is InChI=1S/C12H10BrClFNO2S2/c13-12-10(14)7-11(19-12)20(17,18)16-6-5-8-1-3-9(15)4-2-8/h1-4,7,16H,5-6H2. The number of hydrogen-bond donors (Lipinski definition) is 1. The van der Waals surface area contributed by atoms with Gasteiger partial charge in [0.15, 0.2) is 0 Å². The lowest BCUT2D eigenvalue weighted by Gasteiger charge is -2.04. The molecule has 0 fully saturated rings. The second-order valence-electron chi connectivity index (χ2n) is 3.96. The van der Waals surface area contributed by atoms with Crippen molar-refractivity contribution in [2.75, 3.05) is 6.54 Å². The molecule has 1 N–H and O–H groups in total. The van der Waals surface area contributed by atoms with Crippen molar-refractivity contribution in [2.45, 2.75) is 10.6 Å². The number of nitrogens with one attached hydrogen (secondary N) is 1. The fourth-order valence-corrected chi connectivity index (χ4v) is 4.99. The third-order valence-electron chi connectivity index (χ3n) is 2.51. The lowest BCUT2D eigenvalue weighted by molar-refractivity contribution is 0.583. The average molecular weight is 399 g/mol. The van der Waals surface area contributed by atoms with Crippen molar-refractivity contribution in [3.05, 3.63) is 50.5 Å². The van der Waals surface area contributed by atoms with Crippen LogP contribution < -0.4 is 4.72 Å². The van der Waals surface area contributed by atoms with E-state index in [4.69, 9.17) is 11.6 Å². The summed E-state index contributed by atoms with van der Waals surface area (Å²) in [6.07, 6.45) is 0.486. The van der Waals surface area contributed by atoms with Crippen molar-refractivity contribution < 1.29 is 12.8 Å². The first-order valence-electron chi connectivity index (χ1n) is 5.57. The summed E-state index contributed by atoms with van der Waals surface area (Å²) in [7, 11) is -3.56. The molecule has 8 heteroatoms. The fraction of sp³-hybridized carbons (Fsp3) is 0.167. The van der Waals surface area contributed by atoms with Crippen LogP contribution in [0.4, 0.5) is 4.39 Å². The summed E-state index contributed by atoms with van der Waals surface area (Å²) in [5.74, 6) is -0.313. The number of sulfonamides is 1. The van der Waals surface area contributed by atoms with Gasteiger partial charge in [0.1, 0.15) is 10.0 Å². The van der Waals surface area contributed by atoms with Crippen LogP contribution in [0.15, 0.2) is 38.3 Å². The molecule has 1 aromatic carbocycles. The molecule has 108 valence electrons. The van der Waals surface area contributed by atoms with E-state index in [1.54, 1.807) is 12.1 Å². The summed E-state index contributed by atoms with van der Waals surface area (Å²) in [6.45, 7) is 0.237. The number of thiophene rings is 1. The topological polar surface area (TPSA) is 46.2 Å². The quantitative estimate of drug-likeness (QED) is 0.832. The van der Waals surface area contributed by atoms with E-state index in [-0.39, 0.29) is 16.6 Å². The van der Waals surface area contributed by atoms with Crippen LogP contribution in [0.2, 0.25) is 5.02 Å². The summed E-state index contributed by atoms with van der Waals surface area (Å²) in [5.41, 5.74) is 0.861. The Balaban J connectivity index is 1.97. The first-order valence-corrected chi connectivity index (χ1v) is 9.04.